The zero-order chi connectivity index (χ0) is 14.0. The number of rotatable bonds is 2. The fourth-order valence-electron chi connectivity index (χ4n) is 0.816. The Hall–Kier alpha value is -0.941. The summed E-state index contributed by atoms with van der Waals surface area (Å²) in [5.74, 6) is 0.279. The summed E-state index contributed by atoms with van der Waals surface area (Å²) in [6, 6.07) is 3.27. The summed E-state index contributed by atoms with van der Waals surface area (Å²) in [5.41, 5.74) is 0. The number of hydrogen-bond donors (Lipinski definition) is 0. The van der Waals surface area contributed by atoms with Crippen molar-refractivity contribution in [2.75, 3.05) is 0 Å². The van der Waals surface area contributed by atoms with Gasteiger partial charge in [-0.3, -0.25) is 9.59 Å². The van der Waals surface area contributed by atoms with Gasteiger partial charge in [-0.05, 0) is 12.1 Å². The molecule has 0 fully saturated rings. The van der Waals surface area contributed by atoms with E-state index >= 15 is 0 Å². The molecule has 1 aromatic rings. The van der Waals surface area contributed by atoms with Gasteiger partial charge in [0, 0.05) is 13.8 Å². The second kappa shape index (κ2) is 10.0. The molecule has 1 heterocycles. The number of hydrogen-bond acceptors (Lipinski definition) is 3. The molecule has 0 aliphatic carbocycles. The van der Waals surface area contributed by atoms with E-state index in [1.807, 2.05) is 0 Å². The van der Waals surface area contributed by atoms with Crippen LogP contribution in [0, 0.1) is 0 Å². The van der Waals surface area contributed by atoms with Crippen molar-refractivity contribution in [3.8, 4) is 0 Å². The van der Waals surface area contributed by atoms with Crippen molar-refractivity contribution in [3.05, 3.63) is 23.7 Å². The van der Waals surface area contributed by atoms with Gasteiger partial charge in [0.05, 0.1) is 12.4 Å². The first-order valence-electron chi connectivity index (χ1n) is 4.54. The third-order valence-corrected chi connectivity index (χ3v) is 1.39. The Morgan fingerprint density at radius 1 is 1.11 bits per heavy atom. The van der Waals surface area contributed by atoms with Gasteiger partial charge in [0.2, 0.25) is 11.8 Å². The number of furan rings is 1. The van der Waals surface area contributed by atoms with E-state index < -0.39 is 0 Å². The van der Waals surface area contributed by atoms with Gasteiger partial charge in [-0.15, -0.1) is 0 Å². The molecule has 0 unspecified atom stereocenters. The Morgan fingerprint density at radius 2 is 1.44 bits per heavy atom. The predicted molar refractivity (Wildman–Crippen MR) is 67.0 cm³/mol. The number of amides is 2. The average Bonchev–Trinajstić information content (AvgIpc) is 2.72. The minimum absolute atomic E-state index is 0.194. The fraction of sp³-hybridized carbons (Fsp3) is 0.200. The first-order chi connectivity index (χ1) is 8.49. The van der Waals surface area contributed by atoms with Crippen LogP contribution in [0.3, 0.4) is 0 Å². The maximum atomic E-state index is 10.5. The summed E-state index contributed by atoms with van der Waals surface area (Å²) in [7, 11) is 9.53. The van der Waals surface area contributed by atoms with E-state index in [9.17, 15) is 9.59 Å². The Kier molecular flexibility index (Phi) is 9.50. The first-order valence-corrected chi connectivity index (χ1v) is 7.57. The number of halogens is 2. The molecule has 0 saturated heterocycles. The van der Waals surface area contributed by atoms with Crippen molar-refractivity contribution in [3.63, 3.8) is 0 Å². The third kappa shape index (κ3) is 9.13. The molecule has 0 aliphatic heterocycles. The van der Waals surface area contributed by atoms with Crippen LogP contribution in [0.4, 0.5) is 0 Å². The Labute approximate surface area is 119 Å². The molecule has 100 valence electrons. The van der Waals surface area contributed by atoms with E-state index in [0.29, 0.717) is 11.5 Å². The first kappa shape index (κ1) is 17.1. The molecular weight excluding hydrogens is 323 g/mol. The van der Waals surface area contributed by atoms with Crippen LogP contribution in [-0.4, -0.2) is 24.2 Å². The van der Waals surface area contributed by atoms with Crippen LogP contribution in [0.15, 0.2) is 26.5 Å². The SMILES string of the molecule is CC(=O)N=Cc1ccc(C=NC(C)=O)o1.[Cl][Fe][Cl]. The third-order valence-electron chi connectivity index (χ3n) is 1.39. The van der Waals surface area contributed by atoms with E-state index in [4.69, 9.17) is 24.6 Å². The standard InChI is InChI=1S/C10H10N2O3.2ClH.Fe/c1-7(13)11-5-9-3-4-10(15-9)6-12-8(2)14;;;/h3-6H,1-2H3;2*1H;/q;;;+2/p-2. The van der Waals surface area contributed by atoms with Crippen molar-refractivity contribution >= 4 is 44.4 Å². The molecule has 0 aliphatic rings. The van der Waals surface area contributed by atoms with Gasteiger partial charge >= 0.3 is 33.3 Å². The molecule has 8 heteroatoms. The summed E-state index contributed by atoms with van der Waals surface area (Å²) in [6.45, 7) is 2.69. The van der Waals surface area contributed by atoms with Gasteiger partial charge in [-0.2, -0.15) is 0 Å². The molecule has 0 atom stereocenters. The zero-order valence-corrected chi connectivity index (χ0v) is 12.2. The molecule has 0 bridgehead atoms. The van der Waals surface area contributed by atoms with Crippen molar-refractivity contribution in [1.82, 2.24) is 0 Å². The quantitative estimate of drug-likeness (QED) is 0.617. The number of nitrogens with zero attached hydrogens (tertiary/aromatic N) is 2. The Morgan fingerprint density at radius 3 is 1.72 bits per heavy atom. The van der Waals surface area contributed by atoms with Crippen LogP contribution in [0.5, 0.6) is 0 Å². The normalized spacial score (nSPS) is 10.7. The van der Waals surface area contributed by atoms with Gasteiger partial charge in [0.25, 0.3) is 0 Å². The molecule has 2 amide bonds. The summed E-state index contributed by atoms with van der Waals surface area (Å²) in [4.78, 5) is 28.1. The van der Waals surface area contributed by atoms with Crippen LogP contribution in [0.25, 0.3) is 0 Å². The molecule has 0 radical (unpaired) electrons. The maximum absolute atomic E-state index is 10.5. The molecule has 5 nitrogen and oxygen atoms in total. The molecule has 1 aromatic heterocycles. The summed E-state index contributed by atoms with van der Waals surface area (Å²) in [6.07, 6.45) is 2.63. The minimum atomic E-state index is -0.301. The predicted octanol–water partition coefficient (Wildman–Crippen LogP) is 2.59. The average molecular weight is 333 g/mol. The summed E-state index contributed by atoms with van der Waals surface area (Å²) in [5, 5.41) is 0. The van der Waals surface area contributed by atoms with Gasteiger partial charge in [-0.1, -0.05) is 0 Å². The van der Waals surface area contributed by atoms with E-state index in [-0.39, 0.29) is 24.9 Å². The Bertz CT molecular complexity index is 419. The van der Waals surface area contributed by atoms with Crippen molar-refractivity contribution in [2.24, 2.45) is 9.98 Å². The van der Waals surface area contributed by atoms with Gasteiger partial charge < -0.3 is 4.42 Å². The van der Waals surface area contributed by atoms with Crippen molar-refractivity contribution in [1.29, 1.82) is 0 Å². The summed E-state index contributed by atoms with van der Waals surface area (Å²) < 4.78 is 5.18. The molecule has 0 N–H and O–H groups in total. The Balaban J connectivity index is 0.000000873. The van der Waals surface area contributed by atoms with E-state index in [1.54, 1.807) is 12.1 Å². The van der Waals surface area contributed by atoms with Gasteiger partial charge in [0.1, 0.15) is 11.5 Å². The summed E-state index contributed by atoms with van der Waals surface area (Å²) >= 11 is 0.194. The van der Waals surface area contributed by atoms with Gasteiger partial charge in [0.15, 0.2) is 0 Å². The molecule has 18 heavy (non-hydrogen) atoms. The molecule has 0 saturated carbocycles. The van der Waals surface area contributed by atoms with E-state index in [0.717, 1.165) is 0 Å². The van der Waals surface area contributed by atoms with Crippen LogP contribution < -0.4 is 0 Å². The number of carbonyl (C=O) groups excluding carboxylic acids is 2. The monoisotopic (exact) mass is 332 g/mol. The van der Waals surface area contributed by atoms with Gasteiger partial charge in [-0.25, -0.2) is 9.98 Å². The fourth-order valence-corrected chi connectivity index (χ4v) is 0.816. The van der Waals surface area contributed by atoms with Crippen LogP contribution >= 0.6 is 20.2 Å². The second-order valence-corrected chi connectivity index (χ2v) is 4.67. The van der Waals surface area contributed by atoms with Crippen molar-refractivity contribution in [2.45, 2.75) is 13.8 Å². The molecular formula is C10H10Cl2FeN2O3. The number of aliphatic imine (C=N–C) groups is 2. The van der Waals surface area contributed by atoms with Crippen molar-refractivity contribution < 1.29 is 27.1 Å². The van der Waals surface area contributed by atoms with Crippen LogP contribution in [0.2, 0.25) is 0 Å². The molecule has 0 spiro atoms. The molecule has 1 rings (SSSR count). The number of carbonyl (C=O) groups is 2. The topological polar surface area (TPSA) is 72.0 Å². The van der Waals surface area contributed by atoms with Crippen LogP contribution in [0.1, 0.15) is 25.4 Å². The van der Waals surface area contributed by atoms with E-state index in [2.05, 4.69) is 9.98 Å². The van der Waals surface area contributed by atoms with E-state index in [1.165, 1.54) is 26.3 Å². The zero-order valence-electron chi connectivity index (χ0n) is 9.54. The molecule has 0 aromatic carbocycles. The second-order valence-electron chi connectivity index (χ2n) is 2.85. The van der Waals surface area contributed by atoms with Crippen LogP contribution in [-0.2, 0) is 22.7 Å².